The Morgan fingerprint density at radius 3 is 2.51 bits per heavy atom. The highest BCUT2D eigenvalue weighted by molar-refractivity contribution is 7.69. The van der Waals surface area contributed by atoms with E-state index in [9.17, 15) is 19.8 Å². The third-order valence-corrected chi connectivity index (χ3v) is 7.50. The van der Waals surface area contributed by atoms with Gasteiger partial charge in [-0.15, -0.1) is 0 Å². The zero-order valence-corrected chi connectivity index (χ0v) is 21.6. The molecule has 11 heteroatoms. The molecule has 0 unspecified atom stereocenters. The lowest BCUT2D eigenvalue weighted by atomic mass is 9.97. The van der Waals surface area contributed by atoms with Gasteiger partial charge in [-0.3, -0.25) is 15.1 Å². The zero-order chi connectivity index (χ0) is 25.8. The molecule has 2 aromatic rings. The van der Waals surface area contributed by atoms with Crippen molar-refractivity contribution in [2.75, 3.05) is 33.0 Å². The third kappa shape index (κ3) is 6.20. The molecule has 1 N–H and O–H groups in total. The van der Waals surface area contributed by atoms with Gasteiger partial charge >= 0.3 is 13.9 Å². The highest BCUT2D eigenvalue weighted by atomic mass is 31.2. The van der Waals surface area contributed by atoms with Crippen molar-refractivity contribution in [3.63, 3.8) is 0 Å². The number of non-ortho nitro benzene ring substituents is 1. The van der Waals surface area contributed by atoms with E-state index in [1.807, 2.05) is 20.8 Å². The van der Waals surface area contributed by atoms with E-state index in [0.717, 1.165) is 6.42 Å². The monoisotopic (exact) mass is 507 g/mol. The first-order chi connectivity index (χ1) is 16.5. The van der Waals surface area contributed by atoms with E-state index in [-0.39, 0.29) is 54.0 Å². The number of carbonyl (C=O) groups is 1. The molecule has 190 valence electrons. The second kappa shape index (κ2) is 11.1. The van der Waals surface area contributed by atoms with Crippen molar-refractivity contribution in [3.8, 4) is 11.1 Å². The Morgan fingerprint density at radius 1 is 1.20 bits per heavy atom. The molecule has 0 atom stereocenters. The number of hydrogen-bond donors (Lipinski definition) is 1. The summed E-state index contributed by atoms with van der Waals surface area (Å²) >= 11 is 0. The van der Waals surface area contributed by atoms with Gasteiger partial charge in [-0.1, -0.05) is 32.9 Å². The summed E-state index contributed by atoms with van der Waals surface area (Å²) in [6.45, 7) is 10.5. The average Bonchev–Trinajstić information content (AvgIpc) is 2.80. The van der Waals surface area contributed by atoms with Crippen molar-refractivity contribution in [1.29, 1.82) is 0 Å². The highest BCUT2D eigenvalue weighted by Gasteiger charge is 2.55. The van der Waals surface area contributed by atoms with Crippen LogP contribution in [-0.4, -0.2) is 53.8 Å². The number of ether oxygens (including phenoxy) is 2. The van der Waals surface area contributed by atoms with Crippen molar-refractivity contribution < 1.29 is 33.1 Å². The lowest BCUT2D eigenvalue weighted by Crippen LogP contribution is -2.36. The molecule has 35 heavy (non-hydrogen) atoms. The van der Waals surface area contributed by atoms with Crippen LogP contribution in [0.5, 0.6) is 0 Å². The number of rotatable bonds is 9. The summed E-state index contributed by atoms with van der Waals surface area (Å²) in [5, 5.41) is 11.7. The summed E-state index contributed by atoms with van der Waals surface area (Å²) in [6, 6.07) is 5.85. The average molecular weight is 508 g/mol. The van der Waals surface area contributed by atoms with Crippen molar-refractivity contribution in [1.82, 2.24) is 4.98 Å². The Kier molecular flexibility index (Phi) is 8.56. The summed E-state index contributed by atoms with van der Waals surface area (Å²) in [6.07, 6.45) is 0.842. The Balaban J connectivity index is 2.16. The van der Waals surface area contributed by atoms with Gasteiger partial charge in [0, 0.05) is 24.2 Å². The summed E-state index contributed by atoms with van der Waals surface area (Å²) in [5.41, 5.74) is 0.982. The Bertz CT molecular complexity index is 1100. The number of benzene rings is 1. The number of aromatic nitrogens is 1. The molecule has 3 rings (SSSR count). The van der Waals surface area contributed by atoms with E-state index in [1.54, 1.807) is 19.9 Å². The van der Waals surface area contributed by atoms with Crippen LogP contribution in [0, 0.1) is 29.4 Å². The molecule has 0 saturated carbocycles. The molecule has 0 spiro atoms. The molecular weight excluding hydrogens is 475 g/mol. The zero-order valence-electron chi connectivity index (χ0n) is 20.7. The summed E-state index contributed by atoms with van der Waals surface area (Å²) in [4.78, 5) is 40.3. The number of esters is 1. The second-order valence-electron chi connectivity index (χ2n) is 9.17. The van der Waals surface area contributed by atoms with Gasteiger partial charge in [-0.2, -0.15) is 13.9 Å². The van der Waals surface area contributed by atoms with Gasteiger partial charge in [0.05, 0.1) is 34.0 Å². The molecule has 1 fully saturated rings. The number of nitrogens with zero attached hydrogens (tertiary/aromatic N) is 2. The van der Waals surface area contributed by atoms with E-state index in [4.69, 9.17) is 18.5 Å². The molecule has 1 aromatic heterocycles. The first-order valence-electron chi connectivity index (χ1n) is 11.4. The Morgan fingerprint density at radius 2 is 1.89 bits per heavy atom. The third-order valence-electron chi connectivity index (χ3n) is 5.43. The van der Waals surface area contributed by atoms with Crippen LogP contribution in [0.2, 0.25) is 0 Å². The van der Waals surface area contributed by atoms with Crippen LogP contribution in [-0.2, 0) is 18.5 Å². The Hall–Kier alpha value is -2.49. The summed E-state index contributed by atoms with van der Waals surface area (Å²) < 4.78 is 22.6. The largest absolute Gasteiger partial charge is 0.460 e. The smallest absolute Gasteiger partial charge is 0.448 e. The van der Waals surface area contributed by atoms with Gasteiger partial charge < -0.3 is 9.47 Å². The minimum atomic E-state index is -3.67. The molecule has 10 nitrogen and oxygen atoms in total. The Labute approximate surface area is 205 Å². The highest BCUT2D eigenvalue weighted by Crippen LogP contribution is 2.62. The molecule has 1 aliphatic heterocycles. The molecular formula is C24H32N2O8P+. The van der Waals surface area contributed by atoms with Gasteiger partial charge in [0.25, 0.3) is 5.69 Å². The minimum Gasteiger partial charge on any atom is -0.460 e. The maximum Gasteiger partial charge on any atom is 0.448 e. The van der Waals surface area contributed by atoms with Crippen molar-refractivity contribution in [3.05, 3.63) is 51.3 Å². The van der Waals surface area contributed by atoms with Crippen LogP contribution < -0.4 is 5.30 Å². The predicted octanol–water partition coefficient (Wildman–Crippen LogP) is 4.31. The normalized spacial score (nSPS) is 16.6. The number of hydrogen-bond acceptors (Lipinski definition) is 9. The predicted molar refractivity (Wildman–Crippen MR) is 132 cm³/mol. The van der Waals surface area contributed by atoms with E-state index >= 15 is 0 Å². The van der Waals surface area contributed by atoms with Crippen LogP contribution in [0.15, 0.2) is 24.3 Å². The van der Waals surface area contributed by atoms with Crippen LogP contribution in [0.1, 0.15) is 48.9 Å². The summed E-state index contributed by atoms with van der Waals surface area (Å²) in [7, 11) is -3.67. The van der Waals surface area contributed by atoms with E-state index < -0.39 is 18.8 Å². The standard InChI is InChI=1S/C24H32N2O8P/c1-6-10-31-11-12-32-23(27)20-16(2)25-17(3)22(35(30)33-14-24(4,5)15-34-35)21(20)18-8-7-9-19(13-18)26(28)29/h7-9,13,30H,6,10-12,14-15H2,1-5H3/q+1. The quantitative estimate of drug-likeness (QED) is 0.173. The topological polar surface area (TPSA) is 130 Å². The van der Waals surface area contributed by atoms with Gasteiger partial charge in [-0.25, -0.2) is 4.79 Å². The number of pyridine rings is 1. The number of carbonyl (C=O) groups excluding carboxylic acids is 1. The lowest BCUT2D eigenvalue weighted by molar-refractivity contribution is -0.384. The molecule has 1 aliphatic rings. The first-order valence-corrected chi connectivity index (χ1v) is 13.0. The second-order valence-corrected chi connectivity index (χ2v) is 11.2. The van der Waals surface area contributed by atoms with E-state index in [0.29, 0.717) is 23.6 Å². The molecule has 0 radical (unpaired) electrons. The fourth-order valence-corrected chi connectivity index (χ4v) is 6.10. The molecule has 0 bridgehead atoms. The fraction of sp³-hybridized carbons (Fsp3) is 0.500. The molecule has 0 amide bonds. The SMILES string of the molecule is CCCOCCOC(=O)c1c(C)nc(C)c([P+]2(O)OCC(C)(C)CO2)c1-c1cccc([N+](=O)[O-])c1. The van der Waals surface area contributed by atoms with Crippen LogP contribution in [0.25, 0.3) is 11.1 Å². The first kappa shape index (κ1) is 27.1. The fourth-order valence-electron chi connectivity index (χ4n) is 3.74. The number of nitro groups is 1. The number of nitro benzene ring substituents is 1. The maximum absolute atomic E-state index is 13.3. The van der Waals surface area contributed by atoms with E-state index in [2.05, 4.69) is 4.98 Å². The molecule has 0 aliphatic carbocycles. The van der Waals surface area contributed by atoms with Crippen molar-refractivity contribution in [2.24, 2.45) is 5.41 Å². The van der Waals surface area contributed by atoms with Crippen molar-refractivity contribution in [2.45, 2.75) is 41.0 Å². The van der Waals surface area contributed by atoms with Crippen LogP contribution >= 0.6 is 7.94 Å². The van der Waals surface area contributed by atoms with Gasteiger partial charge in [-0.05, 0) is 25.8 Å². The molecule has 2 heterocycles. The summed E-state index contributed by atoms with van der Waals surface area (Å²) in [5.74, 6) is -0.679. The van der Waals surface area contributed by atoms with Crippen molar-refractivity contribution >= 4 is 24.9 Å². The minimum absolute atomic E-state index is 0.0243. The van der Waals surface area contributed by atoms with Crippen LogP contribution in [0.3, 0.4) is 0 Å². The molecule has 1 aromatic carbocycles. The number of aryl methyl sites for hydroxylation is 2. The van der Waals surface area contributed by atoms with Gasteiger partial charge in [0.1, 0.15) is 19.8 Å². The van der Waals surface area contributed by atoms with Gasteiger partial charge in [0.15, 0.2) is 0 Å². The van der Waals surface area contributed by atoms with Crippen LogP contribution in [0.4, 0.5) is 5.69 Å². The van der Waals surface area contributed by atoms with E-state index in [1.165, 1.54) is 18.2 Å². The maximum atomic E-state index is 13.3. The lowest BCUT2D eigenvalue weighted by Gasteiger charge is -2.32. The molecule has 1 saturated heterocycles. The van der Waals surface area contributed by atoms with Gasteiger partial charge in [0.2, 0.25) is 5.30 Å².